The van der Waals surface area contributed by atoms with Crippen molar-refractivity contribution in [2.24, 2.45) is 0 Å². The van der Waals surface area contributed by atoms with Crippen molar-refractivity contribution in [3.63, 3.8) is 0 Å². The van der Waals surface area contributed by atoms with Gasteiger partial charge in [0, 0.05) is 25.3 Å². The van der Waals surface area contributed by atoms with E-state index in [9.17, 15) is 10.1 Å². The number of unbranched alkanes of at least 4 members (excludes halogenated alkanes) is 1. The normalized spacial score (nSPS) is 10.7. The van der Waals surface area contributed by atoms with Crippen LogP contribution in [-0.2, 0) is 4.74 Å². The van der Waals surface area contributed by atoms with Gasteiger partial charge in [-0.1, -0.05) is 0 Å². The number of hydrogen-bond donors (Lipinski definition) is 2. The summed E-state index contributed by atoms with van der Waals surface area (Å²) in [6.45, 7) is 5.53. The van der Waals surface area contributed by atoms with E-state index < -0.39 is 4.92 Å². The maximum atomic E-state index is 10.6. The minimum Gasteiger partial charge on any atom is -0.397 e. The Morgan fingerprint density at radius 1 is 1.42 bits per heavy atom. The Morgan fingerprint density at radius 2 is 2.16 bits per heavy atom. The maximum absolute atomic E-state index is 10.6. The van der Waals surface area contributed by atoms with E-state index >= 15 is 0 Å². The summed E-state index contributed by atoms with van der Waals surface area (Å²) in [6.07, 6.45) is 2.19. The fourth-order valence-electron chi connectivity index (χ4n) is 1.59. The molecule has 0 heterocycles. The first-order chi connectivity index (χ1) is 9.00. The number of nitrogens with zero attached hydrogens (tertiary/aromatic N) is 1. The second-order valence-corrected chi connectivity index (χ2v) is 4.58. The highest BCUT2D eigenvalue weighted by molar-refractivity contribution is 5.69. The molecule has 6 nitrogen and oxygen atoms in total. The van der Waals surface area contributed by atoms with Gasteiger partial charge < -0.3 is 15.8 Å². The molecule has 0 saturated carbocycles. The third-order valence-corrected chi connectivity index (χ3v) is 2.58. The van der Waals surface area contributed by atoms with Crippen LogP contribution >= 0.6 is 0 Å². The van der Waals surface area contributed by atoms with Crippen molar-refractivity contribution in [1.29, 1.82) is 0 Å². The number of non-ortho nitro benzene ring substituents is 1. The van der Waals surface area contributed by atoms with Crippen LogP contribution in [0.25, 0.3) is 0 Å². The summed E-state index contributed by atoms with van der Waals surface area (Å²) in [5, 5.41) is 13.7. The van der Waals surface area contributed by atoms with E-state index in [2.05, 4.69) is 5.32 Å². The molecule has 0 aliphatic carbocycles. The highest BCUT2D eigenvalue weighted by atomic mass is 16.6. The van der Waals surface area contributed by atoms with Crippen LogP contribution in [0, 0.1) is 10.1 Å². The van der Waals surface area contributed by atoms with Crippen LogP contribution in [0.2, 0.25) is 0 Å². The molecular formula is C13H21N3O3. The molecule has 0 fully saturated rings. The van der Waals surface area contributed by atoms with Gasteiger partial charge in [-0.15, -0.1) is 0 Å². The van der Waals surface area contributed by atoms with Gasteiger partial charge in [0.05, 0.1) is 22.4 Å². The van der Waals surface area contributed by atoms with Crippen molar-refractivity contribution in [2.75, 3.05) is 24.2 Å². The van der Waals surface area contributed by atoms with E-state index in [-0.39, 0.29) is 11.8 Å². The number of ether oxygens (including phenoxy) is 1. The Bertz CT molecular complexity index is 422. The SMILES string of the molecule is CC(C)OCCCCNc1ccc([N+](=O)[O-])cc1N. The van der Waals surface area contributed by atoms with Gasteiger partial charge in [-0.3, -0.25) is 10.1 Å². The number of nitrogens with one attached hydrogen (secondary N) is 1. The standard InChI is InChI=1S/C13H21N3O3/c1-10(2)19-8-4-3-7-15-13-6-5-11(16(17)18)9-12(13)14/h5-6,9-10,15H,3-4,7-8,14H2,1-2H3. The number of nitro benzene ring substituents is 1. The number of hydrogen-bond acceptors (Lipinski definition) is 5. The van der Waals surface area contributed by atoms with Crippen LogP contribution in [0.4, 0.5) is 17.1 Å². The van der Waals surface area contributed by atoms with Crippen LogP contribution in [0.3, 0.4) is 0 Å². The molecule has 0 atom stereocenters. The summed E-state index contributed by atoms with van der Waals surface area (Å²) < 4.78 is 5.43. The monoisotopic (exact) mass is 267 g/mol. The van der Waals surface area contributed by atoms with E-state index in [1.165, 1.54) is 12.1 Å². The van der Waals surface area contributed by atoms with Crippen molar-refractivity contribution >= 4 is 17.1 Å². The van der Waals surface area contributed by atoms with Gasteiger partial charge in [0.1, 0.15) is 0 Å². The van der Waals surface area contributed by atoms with Gasteiger partial charge in [0.2, 0.25) is 0 Å². The van der Waals surface area contributed by atoms with E-state index in [4.69, 9.17) is 10.5 Å². The lowest BCUT2D eigenvalue weighted by Gasteiger charge is -2.10. The third-order valence-electron chi connectivity index (χ3n) is 2.58. The number of anilines is 2. The van der Waals surface area contributed by atoms with Crippen molar-refractivity contribution in [3.05, 3.63) is 28.3 Å². The Labute approximate surface area is 113 Å². The molecular weight excluding hydrogens is 246 g/mol. The average molecular weight is 267 g/mol. The second kappa shape index (κ2) is 7.58. The number of benzene rings is 1. The number of nitro groups is 1. The lowest BCUT2D eigenvalue weighted by molar-refractivity contribution is -0.384. The summed E-state index contributed by atoms with van der Waals surface area (Å²) in [5.74, 6) is 0. The van der Waals surface area contributed by atoms with Gasteiger partial charge in [-0.2, -0.15) is 0 Å². The molecule has 0 radical (unpaired) electrons. The largest absolute Gasteiger partial charge is 0.397 e. The summed E-state index contributed by atoms with van der Waals surface area (Å²) in [4.78, 5) is 10.1. The molecule has 1 rings (SSSR count). The molecule has 0 aliphatic rings. The average Bonchev–Trinajstić information content (AvgIpc) is 2.34. The van der Waals surface area contributed by atoms with Gasteiger partial charge in [-0.25, -0.2) is 0 Å². The Hall–Kier alpha value is -1.82. The van der Waals surface area contributed by atoms with Gasteiger partial charge in [0.25, 0.3) is 5.69 Å². The first-order valence-corrected chi connectivity index (χ1v) is 6.40. The van der Waals surface area contributed by atoms with Gasteiger partial charge >= 0.3 is 0 Å². The van der Waals surface area contributed by atoms with E-state index in [1.807, 2.05) is 13.8 Å². The van der Waals surface area contributed by atoms with E-state index in [0.717, 1.165) is 31.7 Å². The molecule has 106 valence electrons. The molecule has 19 heavy (non-hydrogen) atoms. The van der Waals surface area contributed by atoms with Crippen molar-refractivity contribution in [1.82, 2.24) is 0 Å². The van der Waals surface area contributed by atoms with Crippen LogP contribution < -0.4 is 11.1 Å². The highest BCUT2D eigenvalue weighted by Crippen LogP contribution is 2.23. The maximum Gasteiger partial charge on any atom is 0.271 e. The van der Waals surface area contributed by atoms with Crippen LogP contribution in [0.5, 0.6) is 0 Å². The van der Waals surface area contributed by atoms with Crippen LogP contribution in [0.15, 0.2) is 18.2 Å². The fourth-order valence-corrected chi connectivity index (χ4v) is 1.59. The van der Waals surface area contributed by atoms with Crippen LogP contribution in [-0.4, -0.2) is 24.2 Å². The molecule has 0 bridgehead atoms. The predicted molar refractivity (Wildman–Crippen MR) is 76.3 cm³/mol. The van der Waals surface area contributed by atoms with Crippen molar-refractivity contribution < 1.29 is 9.66 Å². The zero-order chi connectivity index (χ0) is 14.3. The predicted octanol–water partition coefficient (Wildman–Crippen LogP) is 2.79. The number of rotatable bonds is 8. The highest BCUT2D eigenvalue weighted by Gasteiger charge is 2.07. The van der Waals surface area contributed by atoms with E-state index in [1.54, 1.807) is 6.07 Å². The topological polar surface area (TPSA) is 90.4 Å². The van der Waals surface area contributed by atoms with Crippen molar-refractivity contribution in [3.8, 4) is 0 Å². The third kappa shape index (κ3) is 5.56. The fraction of sp³-hybridized carbons (Fsp3) is 0.538. The summed E-state index contributed by atoms with van der Waals surface area (Å²) in [6, 6.07) is 4.45. The summed E-state index contributed by atoms with van der Waals surface area (Å²) in [7, 11) is 0. The van der Waals surface area contributed by atoms with Gasteiger partial charge in [-0.05, 0) is 32.8 Å². The lowest BCUT2D eigenvalue weighted by Crippen LogP contribution is -2.08. The molecule has 1 aromatic rings. The Balaban J connectivity index is 2.32. The zero-order valence-electron chi connectivity index (χ0n) is 11.4. The van der Waals surface area contributed by atoms with E-state index in [0.29, 0.717) is 5.69 Å². The first kappa shape index (κ1) is 15.2. The molecule has 0 spiro atoms. The minimum atomic E-state index is -0.455. The Kier molecular flexibility index (Phi) is 6.08. The molecule has 1 aromatic carbocycles. The molecule has 0 amide bonds. The van der Waals surface area contributed by atoms with Gasteiger partial charge in [0.15, 0.2) is 0 Å². The first-order valence-electron chi connectivity index (χ1n) is 6.40. The van der Waals surface area contributed by atoms with Crippen LogP contribution in [0.1, 0.15) is 26.7 Å². The molecule has 0 aliphatic heterocycles. The second-order valence-electron chi connectivity index (χ2n) is 4.58. The summed E-state index contributed by atoms with van der Waals surface area (Å²) in [5.41, 5.74) is 6.88. The number of nitrogens with two attached hydrogens (primary N) is 1. The lowest BCUT2D eigenvalue weighted by atomic mass is 10.2. The Morgan fingerprint density at radius 3 is 2.74 bits per heavy atom. The molecule has 0 aromatic heterocycles. The van der Waals surface area contributed by atoms with Crippen molar-refractivity contribution in [2.45, 2.75) is 32.8 Å². The zero-order valence-corrected chi connectivity index (χ0v) is 11.4. The summed E-state index contributed by atoms with van der Waals surface area (Å²) >= 11 is 0. The minimum absolute atomic E-state index is 0.00776. The smallest absolute Gasteiger partial charge is 0.271 e. The number of nitrogen functional groups attached to an aromatic ring is 1. The molecule has 3 N–H and O–H groups in total. The molecule has 6 heteroatoms. The quantitative estimate of drug-likeness (QED) is 0.327. The molecule has 0 saturated heterocycles. The molecule has 0 unspecified atom stereocenters.